The zero-order chi connectivity index (χ0) is 13.1. The van der Waals surface area contributed by atoms with Crippen LogP contribution in [0.25, 0.3) is 0 Å². The Balaban J connectivity index is 2.01. The lowest BCUT2D eigenvalue weighted by Crippen LogP contribution is -2.22. The first-order chi connectivity index (χ1) is 8.56. The van der Waals surface area contributed by atoms with E-state index in [4.69, 9.17) is 9.84 Å². The zero-order valence-corrected chi connectivity index (χ0v) is 10.3. The summed E-state index contributed by atoms with van der Waals surface area (Å²) in [7, 11) is 0. The Labute approximate surface area is 106 Å². The zero-order valence-electron chi connectivity index (χ0n) is 10.3. The van der Waals surface area contributed by atoms with Crippen LogP contribution < -0.4 is 4.74 Å². The summed E-state index contributed by atoms with van der Waals surface area (Å²) in [6.07, 6.45) is 1.33. The summed E-state index contributed by atoms with van der Waals surface area (Å²) in [5.41, 5.74) is 1.12. The predicted octanol–water partition coefficient (Wildman–Crippen LogP) is 2.38. The summed E-state index contributed by atoms with van der Waals surface area (Å²) >= 11 is 0. The fourth-order valence-electron chi connectivity index (χ4n) is 2.17. The van der Waals surface area contributed by atoms with Crippen LogP contribution >= 0.6 is 0 Å². The van der Waals surface area contributed by atoms with E-state index in [1.54, 1.807) is 12.1 Å². The molecular formula is C14H16O4. The van der Waals surface area contributed by atoms with Gasteiger partial charge in [0.25, 0.3) is 0 Å². The molecule has 1 fully saturated rings. The molecular weight excluding hydrogens is 232 g/mol. The molecule has 0 bridgehead atoms. The minimum atomic E-state index is -0.986. The maximum atomic E-state index is 11.2. The minimum absolute atomic E-state index is 0.309. The maximum absolute atomic E-state index is 11.2. The van der Waals surface area contributed by atoms with Gasteiger partial charge in [-0.3, -0.25) is 4.79 Å². The number of rotatable bonds is 4. The summed E-state index contributed by atoms with van der Waals surface area (Å²) < 4.78 is 5.25. The van der Waals surface area contributed by atoms with Crippen LogP contribution in [0.15, 0.2) is 24.3 Å². The van der Waals surface area contributed by atoms with Crippen LogP contribution in [0.3, 0.4) is 0 Å². The second-order valence-corrected chi connectivity index (χ2v) is 4.65. The number of aliphatic carboxylic acids is 1. The van der Waals surface area contributed by atoms with Gasteiger partial charge in [0, 0.05) is 12.8 Å². The van der Waals surface area contributed by atoms with Crippen LogP contribution in [0.5, 0.6) is 5.75 Å². The first kappa shape index (κ1) is 12.6. The van der Waals surface area contributed by atoms with E-state index in [-0.39, 0.29) is 0 Å². The van der Waals surface area contributed by atoms with Crippen LogP contribution in [0.1, 0.15) is 37.7 Å². The minimum Gasteiger partial charge on any atom is -0.479 e. The first-order valence-electron chi connectivity index (χ1n) is 6.07. The fraction of sp³-hybridized carbons (Fsp3) is 0.429. The quantitative estimate of drug-likeness (QED) is 0.888. The SMILES string of the molecule is CC(Oc1ccc([C@@H]2CCC(=O)C2)cc1)C(=O)O. The Hall–Kier alpha value is -1.84. The van der Waals surface area contributed by atoms with E-state index in [9.17, 15) is 9.59 Å². The number of carbonyl (C=O) groups is 2. The van der Waals surface area contributed by atoms with E-state index in [2.05, 4.69) is 0 Å². The molecule has 1 aliphatic rings. The molecule has 0 saturated heterocycles. The average Bonchev–Trinajstić information content (AvgIpc) is 2.76. The standard InChI is InChI=1S/C14H16O4/c1-9(14(16)17)18-13-6-3-10(4-7-13)11-2-5-12(15)8-11/h3-4,6-7,9,11H,2,5,8H2,1H3,(H,16,17)/t9?,11-/m1/s1. The van der Waals surface area contributed by atoms with Crippen molar-refractivity contribution >= 4 is 11.8 Å². The summed E-state index contributed by atoms with van der Waals surface area (Å²) in [5, 5.41) is 8.74. The molecule has 1 aromatic rings. The van der Waals surface area contributed by atoms with Crippen molar-refractivity contribution in [3.63, 3.8) is 0 Å². The topological polar surface area (TPSA) is 63.6 Å². The molecule has 2 rings (SSSR count). The number of carbonyl (C=O) groups excluding carboxylic acids is 1. The maximum Gasteiger partial charge on any atom is 0.344 e. The summed E-state index contributed by atoms with van der Waals surface area (Å²) in [6.45, 7) is 1.49. The molecule has 1 N–H and O–H groups in total. The largest absolute Gasteiger partial charge is 0.479 e. The molecule has 0 amide bonds. The van der Waals surface area contributed by atoms with E-state index >= 15 is 0 Å². The molecule has 18 heavy (non-hydrogen) atoms. The molecule has 4 heteroatoms. The molecule has 96 valence electrons. The number of carboxylic acid groups (broad SMARTS) is 1. The van der Waals surface area contributed by atoms with Crippen molar-refractivity contribution in [1.29, 1.82) is 0 Å². The Kier molecular flexibility index (Phi) is 3.65. The predicted molar refractivity (Wildman–Crippen MR) is 65.8 cm³/mol. The highest BCUT2D eigenvalue weighted by atomic mass is 16.5. The highest BCUT2D eigenvalue weighted by Gasteiger charge is 2.23. The molecule has 1 unspecified atom stereocenters. The van der Waals surface area contributed by atoms with Gasteiger partial charge in [-0.1, -0.05) is 12.1 Å². The van der Waals surface area contributed by atoms with Crippen LogP contribution in [0.4, 0.5) is 0 Å². The van der Waals surface area contributed by atoms with Gasteiger partial charge < -0.3 is 9.84 Å². The smallest absolute Gasteiger partial charge is 0.344 e. The third kappa shape index (κ3) is 2.88. The van der Waals surface area contributed by atoms with Crippen LogP contribution in [0.2, 0.25) is 0 Å². The molecule has 1 aromatic carbocycles. The summed E-state index contributed by atoms with van der Waals surface area (Å²) in [6, 6.07) is 7.34. The van der Waals surface area contributed by atoms with Gasteiger partial charge in [0.1, 0.15) is 11.5 Å². The molecule has 0 spiro atoms. The molecule has 0 aromatic heterocycles. The molecule has 1 saturated carbocycles. The monoisotopic (exact) mass is 248 g/mol. The van der Waals surface area contributed by atoms with Gasteiger partial charge in [-0.25, -0.2) is 4.79 Å². The molecule has 1 aliphatic carbocycles. The van der Waals surface area contributed by atoms with Crippen molar-refractivity contribution in [3.8, 4) is 5.75 Å². The van der Waals surface area contributed by atoms with Gasteiger partial charge in [-0.15, -0.1) is 0 Å². The lowest BCUT2D eigenvalue weighted by Gasteiger charge is -2.12. The second kappa shape index (κ2) is 5.21. The van der Waals surface area contributed by atoms with Gasteiger partial charge >= 0.3 is 5.97 Å². The lowest BCUT2D eigenvalue weighted by atomic mass is 9.98. The van der Waals surface area contributed by atoms with Gasteiger partial charge in [0.2, 0.25) is 0 Å². The second-order valence-electron chi connectivity index (χ2n) is 4.65. The number of ketones is 1. The van der Waals surface area contributed by atoms with Crippen LogP contribution in [-0.4, -0.2) is 23.0 Å². The Morgan fingerprint density at radius 2 is 2.06 bits per heavy atom. The molecule has 0 radical (unpaired) electrons. The molecule has 4 nitrogen and oxygen atoms in total. The Morgan fingerprint density at radius 1 is 1.39 bits per heavy atom. The number of benzene rings is 1. The van der Waals surface area contributed by atoms with Gasteiger partial charge in [-0.05, 0) is 37.0 Å². The van der Waals surface area contributed by atoms with Crippen molar-refractivity contribution in [2.75, 3.05) is 0 Å². The average molecular weight is 248 g/mol. The van der Waals surface area contributed by atoms with Crippen molar-refractivity contribution in [1.82, 2.24) is 0 Å². The van der Waals surface area contributed by atoms with Gasteiger partial charge in [-0.2, -0.15) is 0 Å². The highest BCUT2D eigenvalue weighted by Crippen LogP contribution is 2.32. The van der Waals surface area contributed by atoms with E-state index in [1.807, 2.05) is 12.1 Å². The Bertz CT molecular complexity index is 449. The van der Waals surface area contributed by atoms with Crippen molar-refractivity contribution in [2.24, 2.45) is 0 Å². The van der Waals surface area contributed by atoms with Crippen molar-refractivity contribution in [3.05, 3.63) is 29.8 Å². The number of Topliss-reactive ketones (excluding diaryl/α,β-unsaturated/α-hetero) is 1. The third-order valence-electron chi connectivity index (χ3n) is 3.26. The molecule has 0 heterocycles. The van der Waals surface area contributed by atoms with E-state index in [0.29, 0.717) is 30.3 Å². The lowest BCUT2D eigenvalue weighted by molar-refractivity contribution is -0.144. The van der Waals surface area contributed by atoms with E-state index < -0.39 is 12.1 Å². The van der Waals surface area contributed by atoms with E-state index in [1.165, 1.54) is 6.92 Å². The summed E-state index contributed by atoms with van der Waals surface area (Å²) in [4.78, 5) is 21.9. The summed E-state index contributed by atoms with van der Waals surface area (Å²) in [5.74, 6) is 0.182. The Morgan fingerprint density at radius 3 is 2.56 bits per heavy atom. The fourth-order valence-corrected chi connectivity index (χ4v) is 2.17. The number of carboxylic acids is 1. The van der Waals surface area contributed by atoms with E-state index in [0.717, 1.165) is 12.0 Å². The number of hydrogen-bond acceptors (Lipinski definition) is 3. The highest BCUT2D eigenvalue weighted by molar-refractivity contribution is 5.81. The first-order valence-corrected chi connectivity index (χ1v) is 6.07. The van der Waals surface area contributed by atoms with Crippen molar-refractivity contribution < 1.29 is 19.4 Å². The number of ether oxygens (including phenoxy) is 1. The molecule has 2 atom stereocenters. The normalized spacial score (nSPS) is 20.7. The number of hydrogen-bond donors (Lipinski definition) is 1. The van der Waals surface area contributed by atoms with Gasteiger partial charge in [0.15, 0.2) is 6.10 Å². The third-order valence-corrected chi connectivity index (χ3v) is 3.26. The van der Waals surface area contributed by atoms with Crippen LogP contribution in [0, 0.1) is 0 Å². The van der Waals surface area contributed by atoms with Crippen LogP contribution in [-0.2, 0) is 9.59 Å². The van der Waals surface area contributed by atoms with Crippen molar-refractivity contribution in [2.45, 2.75) is 38.2 Å². The van der Waals surface area contributed by atoms with Gasteiger partial charge in [0.05, 0.1) is 0 Å². The molecule has 0 aliphatic heterocycles.